The highest BCUT2D eigenvalue weighted by atomic mass is 32.2. The van der Waals surface area contributed by atoms with Gasteiger partial charge in [0.25, 0.3) is 0 Å². The standard InChI is InChI=1S/C18H21N5O4S/c1-14-10-17(6-7-18(14)23-13-19-20-21-23)28(24,25)22(11-15-4-2-8-26-15)12-16-5-3-9-27-16/h2,4,6-8,10,13,16H,3,5,9,11-12H2,1H3/t16-/m0/s1. The Morgan fingerprint density at radius 3 is 2.86 bits per heavy atom. The van der Waals surface area contributed by atoms with Gasteiger partial charge in [0.2, 0.25) is 10.0 Å². The van der Waals surface area contributed by atoms with Crippen LogP contribution in [0.5, 0.6) is 0 Å². The molecule has 3 heterocycles. The Balaban J connectivity index is 1.64. The van der Waals surface area contributed by atoms with E-state index in [1.807, 2.05) is 6.92 Å². The second kappa shape index (κ2) is 7.82. The molecule has 0 radical (unpaired) electrons. The molecule has 1 fully saturated rings. The molecule has 3 aromatic rings. The molecule has 0 aliphatic carbocycles. The Hall–Kier alpha value is -2.56. The molecule has 0 unspecified atom stereocenters. The fourth-order valence-corrected chi connectivity index (χ4v) is 4.83. The lowest BCUT2D eigenvalue weighted by Crippen LogP contribution is -2.36. The highest BCUT2D eigenvalue weighted by Gasteiger charge is 2.30. The summed E-state index contributed by atoms with van der Waals surface area (Å²) in [5.41, 5.74) is 1.48. The molecule has 9 nitrogen and oxygen atoms in total. The van der Waals surface area contributed by atoms with Crippen LogP contribution in [0.4, 0.5) is 0 Å². The number of sulfonamides is 1. The summed E-state index contributed by atoms with van der Waals surface area (Å²) in [6.07, 6.45) is 4.70. The van der Waals surface area contributed by atoms with Gasteiger partial charge in [0, 0.05) is 13.2 Å². The summed E-state index contributed by atoms with van der Waals surface area (Å²) in [6, 6.07) is 8.43. The first-order valence-electron chi connectivity index (χ1n) is 9.02. The molecule has 10 heteroatoms. The first-order chi connectivity index (χ1) is 13.5. The third-order valence-corrected chi connectivity index (χ3v) is 6.55. The van der Waals surface area contributed by atoms with Gasteiger partial charge in [-0.15, -0.1) is 5.10 Å². The van der Waals surface area contributed by atoms with Crippen LogP contribution in [0.15, 0.2) is 52.2 Å². The van der Waals surface area contributed by atoms with Crippen LogP contribution in [0, 0.1) is 6.92 Å². The van der Waals surface area contributed by atoms with Gasteiger partial charge in [-0.2, -0.15) is 4.31 Å². The van der Waals surface area contributed by atoms with Gasteiger partial charge >= 0.3 is 0 Å². The molecule has 0 bridgehead atoms. The number of nitrogens with zero attached hydrogens (tertiary/aromatic N) is 5. The number of ether oxygens (including phenoxy) is 1. The second-order valence-electron chi connectivity index (χ2n) is 6.71. The van der Waals surface area contributed by atoms with E-state index in [4.69, 9.17) is 9.15 Å². The predicted molar refractivity (Wildman–Crippen MR) is 99.2 cm³/mol. The molecule has 28 heavy (non-hydrogen) atoms. The highest BCUT2D eigenvalue weighted by Crippen LogP contribution is 2.25. The van der Waals surface area contributed by atoms with E-state index in [0.29, 0.717) is 12.4 Å². The molecule has 1 saturated heterocycles. The lowest BCUT2D eigenvalue weighted by Gasteiger charge is -2.24. The van der Waals surface area contributed by atoms with Crippen molar-refractivity contribution < 1.29 is 17.6 Å². The Labute approximate surface area is 163 Å². The summed E-state index contributed by atoms with van der Waals surface area (Å²) >= 11 is 0. The van der Waals surface area contributed by atoms with Crippen molar-refractivity contribution in [1.82, 2.24) is 24.5 Å². The second-order valence-corrected chi connectivity index (χ2v) is 8.65. The van der Waals surface area contributed by atoms with Crippen molar-refractivity contribution in [2.45, 2.75) is 37.3 Å². The summed E-state index contributed by atoms with van der Waals surface area (Å²) < 4.78 is 40.7. The maximum absolute atomic E-state index is 13.4. The van der Waals surface area contributed by atoms with E-state index < -0.39 is 10.0 Å². The Morgan fingerprint density at radius 1 is 1.32 bits per heavy atom. The van der Waals surface area contributed by atoms with E-state index in [1.165, 1.54) is 21.6 Å². The zero-order valence-corrected chi connectivity index (χ0v) is 16.2. The predicted octanol–water partition coefficient (Wildman–Crippen LogP) is 1.93. The smallest absolute Gasteiger partial charge is 0.243 e. The summed E-state index contributed by atoms with van der Waals surface area (Å²) in [7, 11) is -3.74. The largest absolute Gasteiger partial charge is 0.468 e. The molecular formula is C18H21N5O4S. The van der Waals surface area contributed by atoms with Gasteiger partial charge in [0.15, 0.2) is 0 Å². The Bertz CT molecular complexity index is 1010. The number of hydrogen-bond donors (Lipinski definition) is 0. The third-order valence-electron chi connectivity index (χ3n) is 4.75. The lowest BCUT2D eigenvalue weighted by molar-refractivity contribution is 0.0914. The van der Waals surface area contributed by atoms with E-state index in [9.17, 15) is 8.42 Å². The van der Waals surface area contributed by atoms with Crippen LogP contribution in [-0.2, 0) is 21.3 Å². The maximum atomic E-state index is 13.4. The van der Waals surface area contributed by atoms with Crippen LogP contribution in [0.3, 0.4) is 0 Å². The van der Waals surface area contributed by atoms with Crippen molar-refractivity contribution >= 4 is 10.0 Å². The quantitative estimate of drug-likeness (QED) is 0.594. The topological polar surface area (TPSA) is 103 Å². The van der Waals surface area contributed by atoms with Gasteiger partial charge in [-0.3, -0.25) is 0 Å². The molecule has 0 saturated carbocycles. The molecule has 0 amide bonds. The minimum absolute atomic E-state index is 0.105. The van der Waals surface area contributed by atoms with Crippen molar-refractivity contribution in [3.05, 3.63) is 54.2 Å². The summed E-state index contributed by atoms with van der Waals surface area (Å²) in [6.45, 7) is 2.94. The van der Waals surface area contributed by atoms with Gasteiger partial charge in [-0.05, 0) is 66.1 Å². The number of hydrogen-bond acceptors (Lipinski definition) is 7. The molecule has 1 aliphatic heterocycles. The minimum atomic E-state index is -3.74. The maximum Gasteiger partial charge on any atom is 0.243 e. The van der Waals surface area contributed by atoms with Crippen LogP contribution in [0.2, 0.25) is 0 Å². The monoisotopic (exact) mass is 403 g/mol. The number of aryl methyl sites for hydroxylation is 1. The molecule has 1 atom stereocenters. The molecule has 148 valence electrons. The number of tetrazole rings is 1. The van der Waals surface area contributed by atoms with Gasteiger partial charge in [0.05, 0.1) is 29.5 Å². The molecular weight excluding hydrogens is 382 g/mol. The number of benzene rings is 1. The van der Waals surface area contributed by atoms with Gasteiger partial charge in [-0.25, -0.2) is 13.1 Å². The van der Waals surface area contributed by atoms with E-state index in [2.05, 4.69) is 15.5 Å². The fourth-order valence-electron chi connectivity index (χ4n) is 3.31. The Morgan fingerprint density at radius 2 is 2.21 bits per heavy atom. The van der Waals surface area contributed by atoms with E-state index in [1.54, 1.807) is 30.3 Å². The lowest BCUT2D eigenvalue weighted by atomic mass is 10.2. The van der Waals surface area contributed by atoms with Crippen LogP contribution < -0.4 is 0 Å². The van der Waals surface area contributed by atoms with Crippen molar-refractivity contribution in [2.75, 3.05) is 13.2 Å². The molecule has 0 N–H and O–H groups in total. The average molecular weight is 403 g/mol. The van der Waals surface area contributed by atoms with Crippen LogP contribution in [0.25, 0.3) is 5.69 Å². The summed E-state index contributed by atoms with van der Waals surface area (Å²) in [5, 5.41) is 11.1. The van der Waals surface area contributed by atoms with E-state index >= 15 is 0 Å². The SMILES string of the molecule is Cc1cc(S(=O)(=O)N(Cc2ccco2)C[C@@H]2CCCO2)ccc1-n1cnnn1. The normalized spacial score (nSPS) is 17.4. The minimum Gasteiger partial charge on any atom is -0.468 e. The van der Waals surface area contributed by atoms with Crippen LogP contribution in [0.1, 0.15) is 24.2 Å². The third kappa shape index (κ3) is 3.84. The molecule has 2 aromatic heterocycles. The van der Waals surface area contributed by atoms with Crippen LogP contribution >= 0.6 is 0 Å². The van der Waals surface area contributed by atoms with Crippen molar-refractivity contribution in [2.24, 2.45) is 0 Å². The number of aromatic nitrogens is 4. The highest BCUT2D eigenvalue weighted by molar-refractivity contribution is 7.89. The zero-order chi connectivity index (χ0) is 19.6. The van der Waals surface area contributed by atoms with E-state index in [-0.39, 0.29) is 24.1 Å². The van der Waals surface area contributed by atoms with Crippen molar-refractivity contribution in [3.8, 4) is 5.69 Å². The van der Waals surface area contributed by atoms with Gasteiger partial charge < -0.3 is 9.15 Å². The van der Waals surface area contributed by atoms with Crippen molar-refractivity contribution in [1.29, 1.82) is 0 Å². The van der Waals surface area contributed by atoms with Crippen LogP contribution in [-0.4, -0.2) is 52.2 Å². The zero-order valence-electron chi connectivity index (χ0n) is 15.4. The summed E-state index contributed by atoms with van der Waals surface area (Å²) in [5.74, 6) is 0.587. The van der Waals surface area contributed by atoms with Gasteiger partial charge in [0.1, 0.15) is 12.1 Å². The molecule has 4 rings (SSSR count). The van der Waals surface area contributed by atoms with Gasteiger partial charge in [-0.1, -0.05) is 0 Å². The van der Waals surface area contributed by atoms with E-state index in [0.717, 1.165) is 24.1 Å². The number of rotatable bonds is 7. The Kier molecular flexibility index (Phi) is 5.25. The first kappa shape index (κ1) is 18.8. The first-order valence-corrected chi connectivity index (χ1v) is 10.5. The molecule has 0 spiro atoms. The molecule has 1 aliphatic rings. The number of furan rings is 1. The fraction of sp³-hybridized carbons (Fsp3) is 0.389. The summed E-state index contributed by atoms with van der Waals surface area (Å²) in [4.78, 5) is 0.214. The van der Waals surface area contributed by atoms with Crippen molar-refractivity contribution in [3.63, 3.8) is 0 Å². The average Bonchev–Trinajstić information content (AvgIpc) is 3.44. The molecule has 1 aromatic carbocycles.